The van der Waals surface area contributed by atoms with Gasteiger partial charge >= 0.3 is 11.8 Å². The molecule has 7 nitrogen and oxygen atoms in total. The zero-order valence-corrected chi connectivity index (χ0v) is 9.25. The quantitative estimate of drug-likeness (QED) is 0.132. The molecular formula is C9H19N4O3+. The molecule has 7 heteroatoms. The molecule has 0 bridgehead atoms. The molecular weight excluding hydrogens is 212 g/mol. The number of hydrogen-bond acceptors (Lipinski definition) is 4. The molecule has 1 saturated heterocycles. The van der Waals surface area contributed by atoms with Gasteiger partial charge in [0.2, 0.25) is 0 Å². The molecule has 0 aliphatic carbocycles. The Morgan fingerprint density at radius 2 is 1.94 bits per heavy atom. The molecule has 1 fully saturated rings. The van der Waals surface area contributed by atoms with E-state index in [2.05, 4.69) is 5.32 Å². The molecule has 0 aromatic rings. The number of nitrogens with two attached hydrogens (primary N) is 1. The van der Waals surface area contributed by atoms with Crippen molar-refractivity contribution < 1.29 is 19.2 Å². The molecule has 0 unspecified atom stereocenters. The van der Waals surface area contributed by atoms with Crippen molar-refractivity contribution in [2.75, 3.05) is 39.4 Å². The Hall–Kier alpha value is -1.18. The second-order valence-corrected chi connectivity index (χ2v) is 3.70. The highest BCUT2D eigenvalue weighted by Gasteiger charge is 2.14. The molecule has 0 aromatic heterocycles. The van der Waals surface area contributed by atoms with E-state index in [1.165, 1.54) is 4.90 Å². The molecule has 0 saturated carbocycles. The fourth-order valence-electron chi connectivity index (χ4n) is 1.60. The summed E-state index contributed by atoms with van der Waals surface area (Å²) < 4.78 is 5.23. The number of quaternary nitrogens is 1. The van der Waals surface area contributed by atoms with Crippen LogP contribution in [0.4, 0.5) is 0 Å². The molecule has 1 rings (SSSR count). The number of rotatable bonds is 4. The Balaban J connectivity index is 2.02. The Labute approximate surface area is 94.3 Å². The van der Waals surface area contributed by atoms with Gasteiger partial charge in [-0.2, -0.15) is 0 Å². The van der Waals surface area contributed by atoms with Gasteiger partial charge in [-0.3, -0.25) is 15.0 Å². The summed E-state index contributed by atoms with van der Waals surface area (Å²) in [4.78, 5) is 23.2. The number of morpholine rings is 1. The van der Waals surface area contributed by atoms with E-state index in [0.717, 1.165) is 39.3 Å². The van der Waals surface area contributed by atoms with Crippen LogP contribution < -0.4 is 21.5 Å². The molecule has 92 valence electrons. The highest BCUT2D eigenvalue weighted by atomic mass is 16.5. The molecule has 0 atom stereocenters. The Bertz CT molecular complexity index is 241. The molecule has 2 amide bonds. The maximum absolute atomic E-state index is 11.0. The van der Waals surface area contributed by atoms with Crippen molar-refractivity contribution in [2.24, 2.45) is 5.84 Å². The lowest BCUT2D eigenvalue weighted by Crippen LogP contribution is -3.14. The standard InChI is InChI=1S/C9H18N4O3/c10-12-9(15)8(14)11-2-1-3-13-4-6-16-7-5-13/h1-7,10H2,(H,11,14)(H,12,15)/p+1. The van der Waals surface area contributed by atoms with Crippen LogP contribution in [-0.2, 0) is 14.3 Å². The first-order valence-electron chi connectivity index (χ1n) is 5.44. The Kier molecular flexibility index (Phi) is 5.76. The SMILES string of the molecule is NNC(=O)C(=O)NCCC[NH+]1CCOCC1. The molecule has 1 aliphatic heterocycles. The van der Waals surface area contributed by atoms with Crippen LogP contribution in [0.5, 0.6) is 0 Å². The predicted molar refractivity (Wildman–Crippen MR) is 56.3 cm³/mol. The van der Waals surface area contributed by atoms with Crippen molar-refractivity contribution in [3.8, 4) is 0 Å². The first-order valence-corrected chi connectivity index (χ1v) is 5.44. The van der Waals surface area contributed by atoms with Gasteiger partial charge in [-0.25, -0.2) is 5.84 Å². The summed E-state index contributed by atoms with van der Waals surface area (Å²) in [6.07, 6.45) is 0.846. The lowest BCUT2D eigenvalue weighted by molar-refractivity contribution is -0.908. The summed E-state index contributed by atoms with van der Waals surface area (Å²) in [5, 5.41) is 2.50. The minimum Gasteiger partial charge on any atom is -0.370 e. The third-order valence-corrected chi connectivity index (χ3v) is 2.53. The van der Waals surface area contributed by atoms with Gasteiger partial charge in [0.15, 0.2) is 0 Å². The minimum atomic E-state index is -0.807. The normalized spacial score (nSPS) is 16.8. The fourth-order valence-corrected chi connectivity index (χ4v) is 1.60. The number of hydrogen-bond donors (Lipinski definition) is 4. The van der Waals surface area contributed by atoms with Crippen molar-refractivity contribution in [3.63, 3.8) is 0 Å². The highest BCUT2D eigenvalue weighted by Crippen LogP contribution is 1.77. The van der Waals surface area contributed by atoms with Gasteiger partial charge in [0.25, 0.3) is 0 Å². The van der Waals surface area contributed by atoms with Crippen LogP contribution in [0.2, 0.25) is 0 Å². The molecule has 5 N–H and O–H groups in total. The Morgan fingerprint density at radius 3 is 2.56 bits per heavy atom. The van der Waals surface area contributed by atoms with Crippen LogP contribution in [0, 0.1) is 0 Å². The van der Waals surface area contributed by atoms with E-state index in [0.29, 0.717) is 6.54 Å². The summed E-state index contributed by atoms with van der Waals surface area (Å²) >= 11 is 0. The van der Waals surface area contributed by atoms with Crippen molar-refractivity contribution in [2.45, 2.75) is 6.42 Å². The van der Waals surface area contributed by atoms with Crippen LogP contribution >= 0.6 is 0 Å². The van der Waals surface area contributed by atoms with Gasteiger partial charge in [-0.05, 0) is 0 Å². The van der Waals surface area contributed by atoms with Crippen LogP contribution in [0.15, 0.2) is 0 Å². The molecule has 0 aromatic carbocycles. The average molecular weight is 231 g/mol. The lowest BCUT2D eigenvalue weighted by Gasteiger charge is -2.23. The largest absolute Gasteiger partial charge is 0.370 e. The Morgan fingerprint density at radius 1 is 1.25 bits per heavy atom. The number of ether oxygens (including phenoxy) is 1. The van der Waals surface area contributed by atoms with Gasteiger partial charge < -0.3 is 15.0 Å². The average Bonchev–Trinajstić information content (AvgIpc) is 2.34. The number of nitrogens with one attached hydrogen (secondary N) is 3. The minimum absolute atomic E-state index is 0.497. The third-order valence-electron chi connectivity index (χ3n) is 2.53. The highest BCUT2D eigenvalue weighted by molar-refractivity contribution is 6.34. The maximum atomic E-state index is 11.0. The first kappa shape index (κ1) is 12.9. The zero-order chi connectivity index (χ0) is 11.8. The van der Waals surface area contributed by atoms with Crippen molar-refractivity contribution in [3.05, 3.63) is 0 Å². The van der Waals surface area contributed by atoms with Crippen LogP contribution in [0.3, 0.4) is 0 Å². The molecule has 0 spiro atoms. The van der Waals surface area contributed by atoms with E-state index in [1.807, 2.05) is 0 Å². The number of amides is 2. The smallest absolute Gasteiger partial charge is 0.323 e. The summed E-state index contributed by atoms with van der Waals surface area (Å²) in [5.41, 5.74) is 1.78. The third kappa shape index (κ3) is 4.56. The summed E-state index contributed by atoms with van der Waals surface area (Å²) in [6.45, 7) is 5.10. The molecule has 1 heterocycles. The molecule has 1 aliphatic rings. The maximum Gasteiger partial charge on any atom is 0.323 e. The first-order chi connectivity index (χ1) is 7.74. The second-order valence-electron chi connectivity index (χ2n) is 3.70. The summed E-state index contributed by atoms with van der Waals surface area (Å²) in [7, 11) is 0. The lowest BCUT2D eigenvalue weighted by atomic mass is 10.3. The van der Waals surface area contributed by atoms with Gasteiger partial charge in [0.1, 0.15) is 13.1 Å². The number of carbonyl (C=O) groups is 2. The van der Waals surface area contributed by atoms with Crippen molar-refractivity contribution >= 4 is 11.8 Å². The van der Waals surface area contributed by atoms with E-state index in [1.54, 1.807) is 5.43 Å². The summed E-state index contributed by atoms with van der Waals surface area (Å²) in [5.74, 6) is 3.33. The van der Waals surface area contributed by atoms with E-state index < -0.39 is 11.8 Å². The van der Waals surface area contributed by atoms with Crippen molar-refractivity contribution in [1.29, 1.82) is 0 Å². The van der Waals surface area contributed by atoms with E-state index >= 15 is 0 Å². The van der Waals surface area contributed by atoms with Crippen LogP contribution in [0.25, 0.3) is 0 Å². The van der Waals surface area contributed by atoms with Crippen LogP contribution in [0.1, 0.15) is 6.42 Å². The van der Waals surface area contributed by atoms with Gasteiger partial charge in [0, 0.05) is 13.0 Å². The van der Waals surface area contributed by atoms with Gasteiger partial charge in [0.05, 0.1) is 19.8 Å². The topological polar surface area (TPSA) is 97.9 Å². The number of carbonyl (C=O) groups excluding carboxylic acids is 2. The zero-order valence-electron chi connectivity index (χ0n) is 9.25. The molecule has 0 radical (unpaired) electrons. The van der Waals surface area contributed by atoms with E-state index in [4.69, 9.17) is 10.6 Å². The van der Waals surface area contributed by atoms with Gasteiger partial charge in [-0.15, -0.1) is 0 Å². The van der Waals surface area contributed by atoms with E-state index in [-0.39, 0.29) is 0 Å². The number of hydrazine groups is 1. The monoisotopic (exact) mass is 231 g/mol. The van der Waals surface area contributed by atoms with Crippen LogP contribution in [-0.4, -0.2) is 51.2 Å². The predicted octanol–water partition coefficient (Wildman–Crippen LogP) is -3.60. The second kappa shape index (κ2) is 7.15. The van der Waals surface area contributed by atoms with Crippen molar-refractivity contribution in [1.82, 2.24) is 10.7 Å². The molecule has 16 heavy (non-hydrogen) atoms. The van der Waals surface area contributed by atoms with Gasteiger partial charge in [-0.1, -0.05) is 0 Å². The fraction of sp³-hybridized carbons (Fsp3) is 0.778. The summed E-state index contributed by atoms with van der Waals surface area (Å²) in [6, 6.07) is 0. The van der Waals surface area contributed by atoms with E-state index in [9.17, 15) is 9.59 Å².